The number of aliphatic hydroxyl groups excluding tert-OH is 1. The first-order valence-corrected chi connectivity index (χ1v) is 9.39. The summed E-state index contributed by atoms with van der Waals surface area (Å²) in [6, 6.07) is 1.90. The standard InChI is InChI=1S/C19H26N4O3/c1-12-16(13(2)26-21-12)4-5-19(25)22-10-14-8-17(23-7-3-6-20-23)18(24)9-15(14)11-22/h3,6-7,14-15,17-18,24H,4-5,8-11H2,1-2H3/t14-,15+,17-,18-/m1/s1. The minimum absolute atomic E-state index is 0.0172. The molecule has 0 bridgehead atoms. The number of aliphatic hydroxyl groups is 1. The molecule has 1 saturated heterocycles. The summed E-state index contributed by atoms with van der Waals surface area (Å²) in [5, 5.41) is 18.8. The van der Waals surface area contributed by atoms with Crippen LogP contribution < -0.4 is 0 Å². The third-order valence-corrected chi connectivity index (χ3v) is 6.10. The third-order valence-electron chi connectivity index (χ3n) is 6.10. The summed E-state index contributed by atoms with van der Waals surface area (Å²) >= 11 is 0. The van der Waals surface area contributed by atoms with Gasteiger partial charge in [0, 0.05) is 37.5 Å². The molecule has 7 nitrogen and oxygen atoms in total. The number of likely N-dealkylation sites (tertiary alicyclic amines) is 1. The van der Waals surface area contributed by atoms with E-state index in [2.05, 4.69) is 10.3 Å². The van der Waals surface area contributed by atoms with E-state index in [1.165, 1.54) is 0 Å². The maximum absolute atomic E-state index is 12.7. The van der Waals surface area contributed by atoms with Crippen molar-refractivity contribution in [2.24, 2.45) is 11.8 Å². The number of aryl methyl sites for hydroxylation is 2. The minimum Gasteiger partial charge on any atom is -0.391 e. The van der Waals surface area contributed by atoms with Gasteiger partial charge in [-0.1, -0.05) is 5.16 Å². The molecule has 0 radical (unpaired) electrons. The smallest absolute Gasteiger partial charge is 0.222 e. The van der Waals surface area contributed by atoms with Crippen LogP contribution in [-0.2, 0) is 11.2 Å². The normalized spacial score (nSPS) is 28.3. The van der Waals surface area contributed by atoms with Crippen molar-refractivity contribution < 1.29 is 14.4 Å². The highest BCUT2D eigenvalue weighted by Crippen LogP contribution is 2.41. The van der Waals surface area contributed by atoms with Crippen LogP contribution in [0.15, 0.2) is 23.0 Å². The Labute approximate surface area is 153 Å². The molecule has 1 aliphatic heterocycles. The van der Waals surface area contributed by atoms with Gasteiger partial charge >= 0.3 is 0 Å². The number of nitrogens with zero attached hydrogens (tertiary/aromatic N) is 4. The first kappa shape index (κ1) is 17.3. The molecule has 4 rings (SSSR count). The van der Waals surface area contributed by atoms with Gasteiger partial charge < -0.3 is 14.5 Å². The zero-order chi connectivity index (χ0) is 18.3. The van der Waals surface area contributed by atoms with E-state index in [1.807, 2.05) is 35.7 Å². The zero-order valence-electron chi connectivity index (χ0n) is 15.3. The van der Waals surface area contributed by atoms with Crippen LogP contribution in [0.5, 0.6) is 0 Å². The van der Waals surface area contributed by atoms with E-state index in [4.69, 9.17) is 4.52 Å². The Morgan fingerprint density at radius 2 is 2.08 bits per heavy atom. The molecule has 4 atom stereocenters. The molecule has 1 saturated carbocycles. The van der Waals surface area contributed by atoms with Gasteiger partial charge in [0.1, 0.15) is 5.76 Å². The second-order valence-corrected chi connectivity index (χ2v) is 7.71. The number of hydrogen-bond donors (Lipinski definition) is 1. The monoisotopic (exact) mass is 358 g/mol. The predicted molar refractivity (Wildman–Crippen MR) is 94.4 cm³/mol. The molecule has 0 aromatic carbocycles. The largest absolute Gasteiger partial charge is 0.391 e. The van der Waals surface area contributed by atoms with Gasteiger partial charge in [0.05, 0.1) is 17.8 Å². The lowest BCUT2D eigenvalue weighted by molar-refractivity contribution is -0.130. The molecule has 0 unspecified atom stereocenters. The van der Waals surface area contributed by atoms with Gasteiger partial charge in [-0.15, -0.1) is 0 Å². The summed E-state index contributed by atoms with van der Waals surface area (Å²) in [4.78, 5) is 14.7. The van der Waals surface area contributed by atoms with Gasteiger partial charge in [0.25, 0.3) is 0 Å². The van der Waals surface area contributed by atoms with Crippen LogP contribution >= 0.6 is 0 Å². The lowest BCUT2D eigenvalue weighted by Gasteiger charge is -2.35. The van der Waals surface area contributed by atoms with Gasteiger partial charge in [-0.25, -0.2) is 0 Å². The number of carbonyl (C=O) groups excluding carboxylic acids is 1. The fraction of sp³-hybridized carbons (Fsp3) is 0.632. The van der Waals surface area contributed by atoms with Crippen LogP contribution in [0.4, 0.5) is 0 Å². The van der Waals surface area contributed by atoms with E-state index < -0.39 is 6.10 Å². The quantitative estimate of drug-likeness (QED) is 0.902. The molecule has 1 amide bonds. The number of carbonyl (C=O) groups is 1. The average molecular weight is 358 g/mol. The topological polar surface area (TPSA) is 84.4 Å². The van der Waals surface area contributed by atoms with E-state index in [0.717, 1.165) is 42.9 Å². The molecule has 1 N–H and O–H groups in total. The Kier molecular flexibility index (Phi) is 4.56. The molecule has 3 heterocycles. The lowest BCUT2D eigenvalue weighted by atomic mass is 9.77. The van der Waals surface area contributed by atoms with E-state index in [-0.39, 0.29) is 11.9 Å². The molecule has 2 aliphatic rings. The van der Waals surface area contributed by atoms with Gasteiger partial charge in [-0.2, -0.15) is 5.10 Å². The number of aromatic nitrogens is 3. The van der Waals surface area contributed by atoms with Crippen molar-refractivity contribution in [3.63, 3.8) is 0 Å². The molecule has 26 heavy (non-hydrogen) atoms. The van der Waals surface area contributed by atoms with Crippen molar-refractivity contribution in [1.29, 1.82) is 0 Å². The Balaban J connectivity index is 1.36. The number of fused-ring (bicyclic) bond motifs is 1. The van der Waals surface area contributed by atoms with Crippen molar-refractivity contribution in [2.75, 3.05) is 13.1 Å². The minimum atomic E-state index is -0.395. The molecule has 140 valence electrons. The molecular weight excluding hydrogens is 332 g/mol. The molecule has 0 spiro atoms. The van der Waals surface area contributed by atoms with Crippen LogP contribution in [0.2, 0.25) is 0 Å². The predicted octanol–water partition coefficient (Wildman–Crippen LogP) is 1.89. The summed E-state index contributed by atoms with van der Waals surface area (Å²) < 4.78 is 7.04. The summed E-state index contributed by atoms with van der Waals surface area (Å²) in [6.07, 6.45) is 6.03. The van der Waals surface area contributed by atoms with Gasteiger partial charge in [0.15, 0.2) is 0 Å². The van der Waals surface area contributed by atoms with Crippen molar-refractivity contribution in [3.8, 4) is 0 Å². The van der Waals surface area contributed by atoms with Crippen LogP contribution in [0.1, 0.15) is 42.3 Å². The maximum Gasteiger partial charge on any atom is 0.222 e. The fourth-order valence-corrected chi connectivity index (χ4v) is 4.62. The van der Waals surface area contributed by atoms with Crippen molar-refractivity contribution in [1.82, 2.24) is 19.8 Å². The zero-order valence-corrected chi connectivity index (χ0v) is 15.3. The van der Waals surface area contributed by atoms with Crippen molar-refractivity contribution in [3.05, 3.63) is 35.5 Å². The SMILES string of the molecule is Cc1noc(C)c1CCC(=O)N1C[C@H]2C[C@@H](n3cccn3)[C@H](O)C[C@H]2C1. The van der Waals surface area contributed by atoms with E-state index >= 15 is 0 Å². The number of rotatable bonds is 4. The summed E-state index contributed by atoms with van der Waals surface area (Å²) in [5.74, 6) is 1.82. The summed E-state index contributed by atoms with van der Waals surface area (Å²) in [5.41, 5.74) is 1.92. The fourth-order valence-electron chi connectivity index (χ4n) is 4.62. The van der Waals surface area contributed by atoms with Gasteiger partial charge in [-0.3, -0.25) is 9.48 Å². The Morgan fingerprint density at radius 3 is 2.73 bits per heavy atom. The Hall–Kier alpha value is -2.15. The molecule has 2 fully saturated rings. The second-order valence-electron chi connectivity index (χ2n) is 7.71. The highest BCUT2D eigenvalue weighted by Gasteiger charge is 2.43. The lowest BCUT2D eigenvalue weighted by Crippen LogP contribution is -2.36. The van der Waals surface area contributed by atoms with Gasteiger partial charge in [-0.05, 0) is 51.0 Å². The molecular formula is C19H26N4O3. The molecule has 2 aromatic heterocycles. The third kappa shape index (κ3) is 3.16. The maximum atomic E-state index is 12.7. The van der Waals surface area contributed by atoms with Crippen LogP contribution in [0, 0.1) is 25.7 Å². The Bertz CT molecular complexity index is 750. The van der Waals surface area contributed by atoms with E-state index in [0.29, 0.717) is 24.7 Å². The molecule has 7 heteroatoms. The summed E-state index contributed by atoms with van der Waals surface area (Å²) in [7, 11) is 0. The first-order valence-electron chi connectivity index (χ1n) is 9.39. The van der Waals surface area contributed by atoms with Crippen LogP contribution in [0.3, 0.4) is 0 Å². The number of amides is 1. The van der Waals surface area contributed by atoms with E-state index in [1.54, 1.807) is 6.20 Å². The van der Waals surface area contributed by atoms with Crippen molar-refractivity contribution >= 4 is 5.91 Å². The van der Waals surface area contributed by atoms with Crippen molar-refractivity contribution in [2.45, 2.75) is 51.7 Å². The van der Waals surface area contributed by atoms with Crippen LogP contribution in [-0.4, -0.2) is 50.0 Å². The van der Waals surface area contributed by atoms with Crippen LogP contribution in [0.25, 0.3) is 0 Å². The molecule has 1 aliphatic carbocycles. The average Bonchev–Trinajstić information content (AvgIpc) is 3.33. The van der Waals surface area contributed by atoms with E-state index in [9.17, 15) is 9.90 Å². The highest BCUT2D eigenvalue weighted by molar-refractivity contribution is 5.76. The highest BCUT2D eigenvalue weighted by atomic mass is 16.5. The first-order chi connectivity index (χ1) is 12.5. The second kappa shape index (κ2) is 6.87. The molecule has 2 aromatic rings. The summed E-state index contributed by atoms with van der Waals surface area (Å²) in [6.45, 7) is 5.35. The Morgan fingerprint density at radius 1 is 1.31 bits per heavy atom. The van der Waals surface area contributed by atoms with Gasteiger partial charge in [0.2, 0.25) is 5.91 Å². The number of hydrogen-bond acceptors (Lipinski definition) is 5.